The van der Waals surface area contributed by atoms with Crippen molar-refractivity contribution in [3.05, 3.63) is 137 Å². The van der Waals surface area contributed by atoms with Gasteiger partial charge in [0.05, 0.1) is 6.10 Å². The van der Waals surface area contributed by atoms with Gasteiger partial charge in [0.2, 0.25) is 0 Å². The van der Waals surface area contributed by atoms with Gasteiger partial charge in [0.25, 0.3) is 5.91 Å². The fourth-order valence-corrected chi connectivity index (χ4v) is 5.63. The minimum Gasteiger partial charge on any atom is -0.347 e. The van der Waals surface area contributed by atoms with E-state index in [0.29, 0.717) is 6.42 Å². The smallest absolute Gasteiger partial charge is 0.261 e. The Labute approximate surface area is 200 Å². The molecule has 1 saturated heterocycles. The maximum atomic E-state index is 13.8. The molecule has 4 aromatic carbocycles. The molecule has 4 aromatic rings. The van der Waals surface area contributed by atoms with Crippen LogP contribution < -0.4 is 4.90 Å². The number of carbonyl (C=O) groups excluding carboxylic acids is 1. The molecule has 3 heteroatoms. The summed E-state index contributed by atoms with van der Waals surface area (Å²) in [5.41, 5.74) is 5.40. The van der Waals surface area contributed by atoms with Crippen LogP contribution in [0.1, 0.15) is 45.0 Å². The van der Waals surface area contributed by atoms with Crippen LogP contribution in [0.15, 0.2) is 109 Å². The monoisotopic (exact) mass is 445 g/mol. The van der Waals surface area contributed by atoms with E-state index in [1.165, 1.54) is 16.7 Å². The van der Waals surface area contributed by atoms with Gasteiger partial charge in [0.1, 0.15) is 0 Å². The van der Waals surface area contributed by atoms with Crippen LogP contribution in [0.5, 0.6) is 0 Å². The molecular weight excluding hydrogens is 418 g/mol. The first-order valence-electron chi connectivity index (χ1n) is 11.9. The minimum absolute atomic E-state index is 0.00614. The van der Waals surface area contributed by atoms with Crippen molar-refractivity contribution in [2.45, 2.75) is 37.5 Å². The lowest BCUT2D eigenvalue weighted by Gasteiger charge is -2.35. The standard InChI is InChI=1S/C31H27NO2/c1-22-16-18-25(19-17-22)32-30(33)26-14-8-9-15-28(26)31(32)21-27(24-12-6-3-7-13-24)29(34-31)20-23-10-4-2-5-11-23/h2-19,27,29H,20-21H2,1H3/t27-,29-,31-/m0/s1. The molecule has 2 aliphatic rings. The molecule has 0 bridgehead atoms. The zero-order valence-electron chi connectivity index (χ0n) is 19.2. The molecule has 0 aromatic heterocycles. The van der Waals surface area contributed by atoms with Crippen molar-refractivity contribution in [2.75, 3.05) is 4.90 Å². The highest BCUT2D eigenvalue weighted by molar-refractivity contribution is 6.11. The van der Waals surface area contributed by atoms with Gasteiger partial charge in [-0.2, -0.15) is 0 Å². The maximum Gasteiger partial charge on any atom is 0.261 e. The van der Waals surface area contributed by atoms with Crippen LogP contribution in [-0.4, -0.2) is 12.0 Å². The molecule has 1 fully saturated rings. The molecule has 3 nitrogen and oxygen atoms in total. The predicted molar refractivity (Wildman–Crippen MR) is 135 cm³/mol. The van der Waals surface area contributed by atoms with Gasteiger partial charge in [-0.05, 0) is 42.7 Å². The first kappa shape index (κ1) is 20.9. The van der Waals surface area contributed by atoms with Gasteiger partial charge in [0, 0.05) is 29.2 Å². The number of anilines is 1. The van der Waals surface area contributed by atoms with Gasteiger partial charge in [-0.15, -0.1) is 0 Å². The van der Waals surface area contributed by atoms with E-state index in [9.17, 15) is 4.79 Å². The number of carbonyl (C=O) groups is 1. The van der Waals surface area contributed by atoms with E-state index in [-0.39, 0.29) is 17.9 Å². The summed E-state index contributed by atoms with van der Waals surface area (Å²) in [4.78, 5) is 15.7. The number of nitrogens with zero attached hydrogens (tertiary/aromatic N) is 1. The number of fused-ring (bicyclic) bond motifs is 2. The molecule has 168 valence electrons. The first-order valence-corrected chi connectivity index (χ1v) is 11.9. The molecule has 0 aliphatic carbocycles. The van der Waals surface area contributed by atoms with Crippen LogP contribution >= 0.6 is 0 Å². The SMILES string of the molecule is Cc1ccc(N2C(=O)c3ccccc3[C@@]23C[C@@H](c2ccccc2)[C@H](Cc2ccccc2)O3)cc1. The summed E-state index contributed by atoms with van der Waals surface area (Å²) in [6, 6.07) is 37.2. The quantitative estimate of drug-likeness (QED) is 0.353. The topological polar surface area (TPSA) is 29.5 Å². The molecule has 0 saturated carbocycles. The Morgan fingerprint density at radius 1 is 0.824 bits per heavy atom. The van der Waals surface area contributed by atoms with Gasteiger partial charge < -0.3 is 4.74 Å². The fourth-order valence-electron chi connectivity index (χ4n) is 5.63. The fraction of sp³-hybridized carbons (Fsp3) is 0.194. The van der Waals surface area contributed by atoms with Gasteiger partial charge in [-0.3, -0.25) is 9.69 Å². The van der Waals surface area contributed by atoms with Gasteiger partial charge in [-0.1, -0.05) is 96.6 Å². The molecule has 1 spiro atoms. The Bertz CT molecular complexity index is 1320. The van der Waals surface area contributed by atoms with Crippen molar-refractivity contribution in [3.8, 4) is 0 Å². The van der Waals surface area contributed by atoms with E-state index in [1.807, 2.05) is 47.4 Å². The summed E-state index contributed by atoms with van der Waals surface area (Å²) in [5, 5.41) is 0. The van der Waals surface area contributed by atoms with Gasteiger partial charge in [-0.25, -0.2) is 0 Å². The number of hydrogen-bond donors (Lipinski definition) is 0. The summed E-state index contributed by atoms with van der Waals surface area (Å²) < 4.78 is 7.08. The van der Waals surface area contributed by atoms with E-state index >= 15 is 0 Å². The van der Waals surface area contributed by atoms with Crippen molar-refractivity contribution in [1.82, 2.24) is 0 Å². The summed E-state index contributed by atoms with van der Waals surface area (Å²) in [5.74, 6) is 0.167. The van der Waals surface area contributed by atoms with E-state index in [4.69, 9.17) is 4.74 Å². The highest BCUT2D eigenvalue weighted by Gasteiger charge is 2.58. The largest absolute Gasteiger partial charge is 0.347 e. The number of hydrogen-bond acceptors (Lipinski definition) is 2. The van der Waals surface area contributed by atoms with E-state index in [0.717, 1.165) is 23.2 Å². The highest BCUT2D eigenvalue weighted by Crippen LogP contribution is 2.55. The predicted octanol–water partition coefficient (Wildman–Crippen LogP) is 6.62. The molecule has 34 heavy (non-hydrogen) atoms. The van der Waals surface area contributed by atoms with Gasteiger partial charge in [0.15, 0.2) is 5.72 Å². The van der Waals surface area contributed by atoms with Crippen LogP contribution in [-0.2, 0) is 16.9 Å². The van der Waals surface area contributed by atoms with Crippen molar-refractivity contribution < 1.29 is 9.53 Å². The number of amides is 1. The average molecular weight is 446 g/mol. The van der Waals surface area contributed by atoms with Crippen LogP contribution in [0.25, 0.3) is 0 Å². The Morgan fingerprint density at radius 3 is 2.21 bits per heavy atom. The van der Waals surface area contributed by atoms with Crippen LogP contribution in [0.3, 0.4) is 0 Å². The zero-order valence-corrected chi connectivity index (χ0v) is 19.2. The zero-order chi connectivity index (χ0) is 23.1. The van der Waals surface area contributed by atoms with Crippen LogP contribution in [0.4, 0.5) is 5.69 Å². The molecule has 0 radical (unpaired) electrons. The molecule has 3 atom stereocenters. The van der Waals surface area contributed by atoms with Crippen molar-refractivity contribution >= 4 is 11.6 Å². The summed E-state index contributed by atoms with van der Waals surface area (Å²) in [6.07, 6.45) is 1.45. The molecule has 0 unspecified atom stereocenters. The number of aryl methyl sites for hydroxylation is 1. The van der Waals surface area contributed by atoms with E-state index in [2.05, 4.69) is 73.7 Å². The third-order valence-corrected chi connectivity index (χ3v) is 7.23. The van der Waals surface area contributed by atoms with Crippen LogP contribution in [0, 0.1) is 6.92 Å². The lowest BCUT2D eigenvalue weighted by molar-refractivity contribution is -0.0401. The molecule has 2 aliphatic heterocycles. The average Bonchev–Trinajstić information content (AvgIpc) is 3.36. The second-order valence-corrected chi connectivity index (χ2v) is 9.37. The van der Waals surface area contributed by atoms with E-state index < -0.39 is 5.72 Å². The molecule has 1 amide bonds. The first-order chi connectivity index (χ1) is 16.7. The van der Waals surface area contributed by atoms with Gasteiger partial charge >= 0.3 is 0 Å². The Kier molecular flexibility index (Phi) is 5.08. The molecular formula is C31H27NO2. The Hall–Kier alpha value is -3.69. The molecule has 2 heterocycles. The number of rotatable bonds is 4. The number of ether oxygens (including phenoxy) is 1. The summed E-state index contributed by atoms with van der Waals surface area (Å²) in [7, 11) is 0. The lowest BCUT2D eigenvalue weighted by atomic mass is 9.85. The Morgan fingerprint density at radius 2 is 1.47 bits per heavy atom. The van der Waals surface area contributed by atoms with Crippen molar-refractivity contribution in [1.29, 1.82) is 0 Å². The third-order valence-electron chi connectivity index (χ3n) is 7.23. The number of benzene rings is 4. The maximum absolute atomic E-state index is 13.8. The van der Waals surface area contributed by atoms with E-state index in [1.54, 1.807) is 0 Å². The second-order valence-electron chi connectivity index (χ2n) is 9.37. The normalized spacial score (nSPS) is 23.4. The molecule has 0 N–H and O–H groups in total. The second kappa shape index (κ2) is 8.27. The third kappa shape index (κ3) is 3.36. The summed E-state index contributed by atoms with van der Waals surface area (Å²) in [6.45, 7) is 2.06. The Balaban J connectivity index is 1.50. The highest BCUT2D eigenvalue weighted by atomic mass is 16.5. The van der Waals surface area contributed by atoms with Crippen molar-refractivity contribution in [3.63, 3.8) is 0 Å². The van der Waals surface area contributed by atoms with Crippen molar-refractivity contribution in [2.24, 2.45) is 0 Å². The molecule has 6 rings (SSSR count). The summed E-state index contributed by atoms with van der Waals surface area (Å²) >= 11 is 0. The minimum atomic E-state index is -0.830. The van der Waals surface area contributed by atoms with Crippen LogP contribution in [0.2, 0.25) is 0 Å². The lowest BCUT2D eigenvalue weighted by Crippen LogP contribution is -2.44.